The molecule has 0 aromatic heterocycles. The number of rotatable bonds is 10. The first-order valence-electron chi connectivity index (χ1n) is 19.4. The van der Waals surface area contributed by atoms with Crippen LogP contribution < -0.4 is 20.0 Å². The minimum atomic E-state index is -0.589. The van der Waals surface area contributed by atoms with Gasteiger partial charge in [-0.1, -0.05) is 11.5 Å². The van der Waals surface area contributed by atoms with E-state index in [1.54, 1.807) is 36.4 Å². The van der Waals surface area contributed by atoms with Gasteiger partial charge >= 0.3 is 0 Å². The number of carbonyl (C=O) groups excluding carboxylic acids is 2. The van der Waals surface area contributed by atoms with Crippen molar-refractivity contribution in [2.45, 2.75) is 66.2 Å². The van der Waals surface area contributed by atoms with E-state index in [1.165, 1.54) is 0 Å². The summed E-state index contributed by atoms with van der Waals surface area (Å²) in [5.74, 6) is -1.76. The number of phenolic OH excluding ortho intramolecular Hbond substituents is 2. The van der Waals surface area contributed by atoms with Gasteiger partial charge in [0.25, 0.3) is 0 Å². The molecule has 2 aliphatic heterocycles. The fourth-order valence-corrected chi connectivity index (χ4v) is 8.95. The SMILES string of the molecule is CCN(CC)c1ccc(C2=C([O-])C(=CC3=[N+](C)c4cc5c(cc4C3(C)C)[N+](C)=C(C=C3C(=O)C(c4ccc(N(CC)CC)cc4O)=C3[O-])C5(C)C)C2=O)c(O)c1. The number of allylic oxidation sites excluding steroid dienone is 6. The molecule has 3 aromatic carbocycles. The van der Waals surface area contributed by atoms with Gasteiger partial charge in [0.15, 0.2) is 23.0 Å². The first kappa shape index (κ1) is 38.4. The number of benzene rings is 3. The van der Waals surface area contributed by atoms with Crippen molar-refractivity contribution in [1.29, 1.82) is 0 Å². The van der Waals surface area contributed by atoms with Crippen LogP contribution in [0.25, 0.3) is 11.1 Å². The van der Waals surface area contributed by atoms with Crippen LogP contribution in [0.15, 0.2) is 83.3 Å². The van der Waals surface area contributed by atoms with Gasteiger partial charge in [-0.2, -0.15) is 9.15 Å². The molecular weight excluding hydrogens is 705 g/mol. The summed E-state index contributed by atoms with van der Waals surface area (Å²) in [6.45, 7) is 19.4. The van der Waals surface area contributed by atoms with Crippen molar-refractivity contribution >= 4 is 56.9 Å². The molecule has 10 heteroatoms. The van der Waals surface area contributed by atoms with Gasteiger partial charge in [-0.25, -0.2) is 0 Å². The summed E-state index contributed by atoms with van der Waals surface area (Å²) in [7, 11) is 3.85. The summed E-state index contributed by atoms with van der Waals surface area (Å²) in [4.78, 5) is 31.2. The molecule has 0 radical (unpaired) electrons. The molecule has 0 bridgehead atoms. The van der Waals surface area contributed by atoms with E-state index in [0.29, 0.717) is 0 Å². The molecule has 0 saturated heterocycles. The monoisotopic (exact) mass is 754 g/mol. The summed E-state index contributed by atoms with van der Waals surface area (Å²) >= 11 is 0. The average molecular weight is 755 g/mol. The van der Waals surface area contributed by atoms with Gasteiger partial charge in [-0.3, -0.25) is 9.59 Å². The van der Waals surface area contributed by atoms with Crippen molar-refractivity contribution in [3.8, 4) is 11.5 Å². The summed E-state index contributed by atoms with van der Waals surface area (Å²) in [6, 6.07) is 14.4. The van der Waals surface area contributed by atoms with Crippen LogP contribution in [0.4, 0.5) is 22.7 Å². The smallest absolute Gasteiger partial charge is 0.210 e. The molecule has 56 heavy (non-hydrogen) atoms. The molecule has 7 rings (SSSR count). The molecule has 0 spiro atoms. The van der Waals surface area contributed by atoms with Gasteiger partial charge in [0.05, 0.1) is 10.8 Å². The quantitative estimate of drug-likeness (QED) is 0.209. The second-order valence-electron chi connectivity index (χ2n) is 16.0. The highest BCUT2D eigenvalue weighted by Gasteiger charge is 2.51. The number of fused-ring (bicyclic) bond motifs is 2. The van der Waals surface area contributed by atoms with Crippen molar-refractivity contribution in [1.82, 2.24) is 0 Å². The van der Waals surface area contributed by atoms with Crippen LogP contribution >= 0.6 is 0 Å². The van der Waals surface area contributed by atoms with Crippen molar-refractivity contribution in [3.63, 3.8) is 0 Å². The fraction of sp³-hybridized carbons (Fsp3) is 0.348. The Kier molecular flexibility index (Phi) is 9.18. The van der Waals surface area contributed by atoms with Crippen LogP contribution in [-0.4, -0.2) is 82.6 Å². The van der Waals surface area contributed by atoms with Crippen LogP contribution in [0, 0.1) is 0 Å². The highest BCUT2D eigenvalue weighted by molar-refractivity contribution is 6.41. The fourth-order valence-electron chi connectivity index (χ4n) is 8.95. The lowest BCUT2D eigenvalue weighted by atomic mass is 9.75. The highest BCUT2D eigenvalue weighted by Crippen LogP contribution is 2.50. The Balaban J connectivity index is 1.20. The maximum atomic E-state index is 13.5. The summed E-state index contributed by atoms with van der Waals surface area (Å²) in [5, 5.41) is 48.8. The molecule has 3 aromatic rings. The predicted molar refractivity (Wildman–Crippen MR) is 218 cm³/mol. The first-order chi connectivity index (χ1) is 26.4. The average Bonchev–Trinajstić information content (AvgIpc) is 3.47. The Morgan fingerprint density at radius 1 is 0.607 bits per heavy atom. The third-order valence-electron chi connectivity index (χ3n) is 12.4. The molecule has 0 amide bonds. The van der Waals surface area contributed by atoms with Gasteiger partial charge < -0.3 is 30.2 Å². The van der Waals surface area contributed by atoms with Gasteiger partial charge in [0.1, 0.15) is 25.6 Å². The number of Topliss-reactive ketones (excluding diaryl/α,β-unsaturated/α-hetero) is 2. The maximum Gasteiger partial charge on any atom is 0.210 e. The second kappa shape index (κ2) is 13.4. The number of hydrogen-bond acceptors (Lipinski definition) is 8. The standard InChI is InChI=1S/C46H50N4O6/c1-11-49(12-2)25-15-17-27(35(51)19-25)39-41(53)29(42(39)54)21-37-45(5,6)31-23-34-32(24-33(31)47(37)9)46(7,8)38(48(34)10)22-30-43(55)40(44(30)56)28-18-16-26(20-36(28)52)50(13-3)14-4/h15-24H,11-14H2,1-10H3,(H2,53,54,55,56). The lowest BCUT2D eigenvalue weighted by molar-refractivity contribution is -0.404. The molecule has 2 heterocycles. The minimum absolute atomic E-state index is 0.00547. The van der Waals surface area contributed by atoms with Crippen molar-refractivity contribution in [2.75, 3.05) is 50.1 Å². The number of nitrogens with zero attached hydrogens (tertiary/aromatic N) is 4. The molecule has 10 nitrogen and oxygen atoms in total. The highest BCUT2D eigenvalue weighted by atomic mass is 16.3. The lowest BCUT2D eigenvalue weighted by Gasteiger charge is -2.31. The molecule has 4 aliphatic rings. The summed E-state index contributed by atoms with van der Waals surface area (Å²) in [6.07, 6.45) is 3.38. The van der Waals surface area contributed by atoms with Crippen molar-refractivity contribution in [3.05, 3.63) is 106 Å². The molecule has 0 atom stereocenters. The molecule has 0 fully saturated rings. The molecular formula is C46H50N4O6. The van der Waals surface area contributed by atoms with Crippen LogP contribution in [0.3, 0.4) is 0 Å². The van der Waals surface area contributed by atoms with E-state index in [-0.39, 0.29) is 44.9 Å². The van der Waals surface area contributed by atoms with Crippen molar-refractivity contribution < 1.29 is 39.2 Å². The minimum Gasteiger partial charge on any atom is -0.871 e. The van der Waals surface area contributed by atoms with E-state index in [1.807, 2.05) is 63.1 Å². The lowest BCUT2D eigenvalue weighted by Crippen LogP contribution is -2.33. The maximum absolute atomic E-state index is 13.5. The first-order valence-corrected chi connectivity index (χ1v) is 19.4. The van der Waals surface area contributed by atoms with E-state index in [0.717, 1.165) is 71.5 Å². The van der Waals surface area contributed by atoms with Gasteiger partial charge in [0.2, 0.25) is 11.4 Å². The molecule has 290 valence electrons. The third-order valence-corrected chi connectivity index (χ3v) is 12.4. The van der Waals surface area contributed by atoms with Gasteiger partial charge in [0, 0.05) is 119 Å². The number of ketones is 2. The topological polar surface area (TPSA) is 133 Å². The predicted octanol–water partition coefficient (Wildman–Crippen LogP) is 5.36. The van der Waals surface area contributed by atoms with Crippen molar-refractivity contribution in [2.24, 2.45) is 0 Å². The Morgan fingerprint density at radius 2 is 0.946 bits per heavy atom. The van der Waals surface area contributed by atoms with Crippen LogP contribution in [0.2, 0.25) is 0 Å². The number of aromatic hydroxyl groups is 2. The third kappa shape index (κ3) is 5.44. The Hall–Kier alpha value is -5.90. The zero-order valence-electron chi connectivity index (χ0n) is 33.9. The second-order valence-corrected chi connectivity index (χ2v) is 16.0. The summed E-state index contributed by atoms with van der Waals surface area (Å²) < 4.78 is 4.03. The number of carbonyl (C=O) groups is 2. The number of hydrogen-bond donors (Lipinski definition) is 2. The van der Waals surface area contributed by atoms with Gasteiger partial charge in [-0.15, -0.1) is 0 Å². The molecule has 2 N–H and O–H groups in total. The van der Waals surface area contributed by atoms with Crippen LogP contribution in [0.1, 0.15) is 77.6 Å². The molecule has 0 unspecified atom stereocenters. The number of phenols is 2. The van der Waals surface area contributed by atoms with Crippen LogP contribution in [-0.2, 0) is 20.4 Å². The normalized spacial score (nSPS) is 19.6. The Morgan fingerprint density at radius 3 is 1.23 bits per heavy atom. The van der Waals surface area contributed by atoms with Crippen LogP contribution in [0.5, 0.6) is 11.5 Å². The summed E-state index contributed by atoms with van der Waals surface area (Å²) in [5.41, 5.74) is 6.57. The zero-order chi connectivity index (χ0) is 40.8. The Bertz CT molecular complexity index is 2290. The van der Waals surface area contributed by atoms with E-state index in [4.69, 9.17) is 0 Å². The Labute approximate surface area is 328 Å². The molecule has 0 saturated carbocycles. The van der Waals surface area contributed by atoms with E-state index in [2.05, 4.69) is 49.6 Å². The van der Waals surface area contributed by atoms with Gasteiger partial charge in [-0.05, 0) is 79.7 Å². The van der Waals surface area contributed by atoms with E-state index < -0.39 is 33.9 Å². The van der Waals surface area contributed by atoms with E-state index in [9.17, 15) is 30.0 Å². The number of anilines is 2. The van der Waals surface area contributed by atoms with E-state index >= 15 is 0 Å². The zero-order valence-corrected chi connectivity index (χ0v) is 33.9. The largest absolute Gasteiger partial charge is 0.871 e. The molecule has 2 aliphatic carbocycles.